The number of benzene rings is 1. The van der Waals surface area contributed by atoms with Crippen LogP contribution in [0.25, 0.3) is 22.0 Å². The Hall–Kier alpha value is -2.11. The minimum atomic E-state index is 0.559. The van der Waals surface area contributed by atoms with E-state index >= 15 is 0 Å². The van der Waals surface area contributed by atoms with Gasteiger partial charge in [0, 0.05) is 36.9 Å². The fourth-order valence-electron chi connectivity index (χ4n) is 3.45. The summed E-state index contributed by atoms with van der Waals surface area (Å²) in [5.74, 6) is 1.32. The number of ether oxygens (including phenoxy) is 1. The van der Waals surface area contributed by atoms with E-state index in [2.05, 4.69) is 45.3 Å². The third-order valence-corrected chi connectivity index (χ3v) is 5.58. The molecule has 1 aromatic carbocycles. The van der Waals surface area contributed by atoms with Gasteiger partial charge >= 0.3 is 0 Å². The Bertz CT molecular complexity index is 842. The Kier molecular flexibility index (Phi) is 4.85. The highest BCUT2D eigenvalue weighted by Gasteiger charge is 2.13. The first-order chi connectivity index (χ1) is 12.3. The van der Waals surface area contributed by atoms with E-state index in [4.69, 9.17) is 10.5 Å². The molecule has 0 radical (unpaired) electrons. The van der Waals surface area contributed by atoms with E-state index in [-0.39, 0.29) is 0 Å². The number of nitrogens with one attached hydrogen (secondary N) is 1. The Morgan fingerprint density at radius 2 is 2.04 bits per heavy atom. The highest BCUT2D eigenvalue weighted by molar-refractivity contribution is 7.08. The summed E-state index contributed by atoms with van der Waals surface area (Å²) in [4.78, 5) is 4.53. The van der Waals surface area contributed by atoms with Gasteiger partial charge in [-0.25, -0.2) is 4.98 Å². The van der Waals surface area contributed by atoms with Crippen LogP contribution >= 0.6 is 11.3 Å². The third kappa shape index (κ3) is 3.78. The number of thiophene rings is 1. The van der Waals surface area contributed by atoms with Crippen LogP contribution in [0.15, 0.2) is 41.1 Å². The van der Waals surface area contributed by atoms with Gasteiger partial charge in [0.2, 0.25) is 0 Å². The van der Waals surface area contributed by atoms with Crippen LogP contribution in [0.3, 0.4) is 0 Å². The van der Waals surface area contributed by atoms with Crippen molar-refractivity contribution in [3.63, 3.8) is 0 Å². The van der Waals surface area contributed by atoms with Crippen LogP contribution in [-0.2, 0) is 4.74 Å². The number of rotatable bonds is 5. The smallest absolute Gasteiger partial charge is 0.126 e. The van der Waals surface area contributed by atoms with Gasteiger partial charge in [0.25, 0.3) is 0 Å². The maximum atomic E-state index is 6.04. The predicted molar refractivity (Wildman–Crippen MR) is 106 cm³/mol. The zero-order valence-electron chi connectivity index (χ0n) is 14.2. The van der Waals surface area contributed by atoms with E-state index < -0.39 is 0 Å². The summed E-state index contributed by atoms with van der Waals surface area (Å²) in [5.41, 5.74) is 10.5. The molecule has 5 heteroatoms. The second kappa shape index (κ2) is 7.42. The topological polar surface area (TPSA) is 60.2 Å². The molecule has 2 aromatic heterocycles. The average Bonchev–Trinajstić information content (AvgIpc) is 3.16. The van der Waals surface area contributed by atoms with Gasteiger partial charge in [-0.2, -0.15) is 11.3 Å². The molecule has 0 spiro atoms. The molecule has 3 aromatic rings. The van der Waals surface area contributed by atoms with Crippen LogP contribution < -0.4 is 11.1 Å². The molecule has 1 saturated heterocycles. The third-order valence-electron chi connectivity index (χ3n) is 4.89. The monoisotopic (exact) mass is 353 g/mol. The summed E-state index contributed by atoms with van der Waals surface area (Å²) in [6.07, 6.45) is 3.51. The molecule has 1 fully saturated rings. The minimum absolute atomic E-state index is 0.559. The molecule has 130 valence electrons. The van der Waals surface area contributed by atoms with Gasteiger partial charge in [-0.3, -0.25) is 0 Å². The largest absolute Gasteiger partial charge is 0.384 e. The van der Waals surface area contributed by atoms with Crippen LogP contribution in [0.2, 0.25) is 0 Å². The molecule has 25 heavy (non-hydrogen) atoms. The quantitative estimate of drug-likeness (QED) is 0.693. The molecule has 0 aliphatic carbocycles. The fraction of sp³-hybridized carbons (Fsp3) is 0.350. The van der Waals surface area contributed by atoms with E-state index in [1.54, 1.807) is 11.3 Å². The number of pyridine rings is 1. The van der Waals surface area contributed by atoms with Crippen LogP contribution in [0.4, 0.5) is 11.5 Å². The molecule has 0 atom stereocenters. The molecule has 0 unspecified atom stereocenters. The number of aromatic nitrogens is 1. The Morgan fingerprint density at radius 3 is 2.84 bits per heavy atom. The molecule has 0 saturated carbocycles. The number of nitrogens with zero attached hydrogens (tertiary/aromatic N) is 1. The first-order valence-electron chi connectivity index (χ1n) is 8.84. The summed E-state index contributed by atoms with van der Waals surface area (Å²) >= 11 is 1.70. The molecule has 1 aliphatic rings. The second-order valence-electron chi connectivity index (χ2n) is 6.61. The van der Waals surface area contributed by atoms with E-state index in [1.165, 1.54) is 30.4 Å². The number of fused-ring (bicyclic) bond motifs is 1. The number of hydrogen-bond donors (Lipinski definition) is 2. The molecule has 0 amide bonds. The molecule has 3 N–H and O–H groups in total. The predicted octanol–water partition coefficient (Wildman–Crippen LogP) is 4.77. The lowest BCUT2D eigenvalue weighted by Crippen LogP contribution is -2.18. The zero-order valence-corrected chi connectivity index (χ0v) is 15.0. The van der Waals surface area contributed by atoms with Crippen molar-refractivity contribution in [2.45, 2.75) is 19.3 Å². The zero-order chi connectivity index (χ0) is 17.1. The summed E-state index contributed by atoms with van der Waals surface area (Å²) in [6, 6.07) is 10.5. The number of anilines is 2. The molecule has 4 nitrogen and oxygen atoms in total. The van der Waals surface area contributed by atoms with Crippen LogP contribution in [0.1, 0.15) is 19.3 Å². The second-order valence-corrected chi connectivity index (χ2v) is 7.39. The lowest BCUT2D eigenvalue weighted by atomic mass is 9.96. The molecule has 0 bridgehead atoms. The standard InChI is InChI=1S/C20H23N3OS/c21-20-12-18(22-7-3-14-4-8-24-9-5-14)17-2-1-15(11-19(17)23-20)16-6-10-25-13-16/h1-2,6,10-14H,3-5,7-9H2,(H3,21,22,23). The van der Waals surface area contributed by atoms with Crippen molar-refractivity contribution in [3.8, 4) is 11.1 Å². The Balaban J connectivity index is 1.53. The fourth-order valence-corrected chi connectivity index (χ4v) is 4.11. The van der Waals surface area contributed by atoms with E-state index in [0.717, 1.165) is 42.3 Å². The first-order valence-corrected chi connectivity index (χ1v) is 9.78. The van der Waals surface area contributed by atoms with E-state index in [1.807, 2.05) is 6.07 Å². The normalized spacial score (nSPS) is 15.5. The maximum Gasteiger partial charge on any atom is 0.126 e. The summed E-state index contributed by atoms with van der Waals surface area (Å²) in [5, 5.41) is 8.94. The van der Waals surface area contributed by atoms with Crippen molar-refractivity contribution in [1.29, 1.82) is 0 Å². The Labute approximate surface area is 152 Å². The highest BCUT2D eigenvalue weighted by atomic mass is 32.1. The van der Waals surface area contributed by atoms with Gasteiger partial charge in [-0.15, -0.1) is 0 Å². The molecular weight excluding hydrogens is 330 g/mol. The summed E-state index contributed by atoms with van der Waals surface area (Å²) in [7, 11) is 0. The highest BCUT2D eigenvalue weighted by Crippen LogP contribution is 2.30. The van der Waals surface area contributed by atoms with Gasteiger partial charge in [0.15, 0.2) is 0 Å². The van der Waals surface area contributed by atoms with Gasteiger partial charge in [-0.1, -0.05) is 12.1 Å². The lowest BCUT2D eigenvalue weighted by Gasteiger charge is -2.22. The van der Waals surface area contributed by atoms with E-state index in [9.17, 15) is 0 Å². The molecule has 1 aliphatic heterocycles. The average molecular weight is 353 g/mol. The van der Waals surface area contributed by atoms with Crippen molar-refractivity contribution < 1.29 is 4.74 Å². The van der Waals surface area contributed by atoms with Crippen molar-refractivity contribution in [2.24, 2.45) is 5.92 Å². The maximum absolute atomic E-state index is 6.04. The van der Waals surface area contributed by atoms with Crippen molar-refractivity contribution in [2.75, 3.05) is 30.8 Å². The number of nitrogens with two attached hydrogens (primary N) is 1. The lowest BCUT2D eigenvalue weighted by molar-refractivity contribution is 0.0649. The van der Waals surface area contributed by atoms with Gasteiger partial charge in [0.1, 0.15) is 5.82 Å². The van der Waals surface area contributed by atoms with Gasteiger partial charge < -0.3 is 15.8 Å². The van der Waals surface area contributed by atoms with Crippen LogP contribution in [0.5, 0.6) is 0 Å². The van der Waals surface area contributed by atoms with Gasteiger partial charge in [0.05, 0.1) is 5.52 Å². The van der Waals surface area contributed by atoms with Crippen molar-refractivity contribution >= 4 is 33.7 Å². The molecule has 4 rings (SSSR count). The van der Waals surface area contributed by atoms with Crippen molar-refractivity contribution in [3.05, 3.63) is 41.1 Å². The first kappa shape index (κ1) is 16.4. The summed E-state index contributed by atoms with van der Waals surface area (Å²) < 4.78 is 5.44. The van der Waals surface area contributed by atoms with Crippen molar-refractivity contribution in [1.82, 2.24) is 4.98 Å². The minimum Gasteiger partial charge on any atom is -0.384 e. The van der Waals surface area contributed by atoms with Crippen LogP contribution in [-0.4, -0.2) is 24.7 Å². The van der Waals surface area contributed by atoms with E-state index in [0.29, 0.717) is 5.82 Å². The molecule has 3 heterocycles. The van der Waals surface area contributed by atoms with Crippen LogP contribution in [0, 0.1) is 5.92 Å². The molecular formula is C20H23N3OS. The Morgan fingerprint density at radius 1 is 1.16 bits per heavy atom. The number of hydrogen-bond acceptors (Lipinski definition) is 5. The summed E-state index contributed by atoms with van der Waals surface area (Å²) in [6.45, 7) is 2.76. The number of nitrogen functional groups attached to an aromatic ring is 1. The van der Waals surface area contributed by atoms with Gasteiger partial charge in [-0.05, 0) is 59.2 Å². The SMILES string of the molecule is Nc1cc(NCCC2CCOCC2)c2ccc(-c3ccsc3)cc2n1.